The Morgan fingerprint density at radius 2 is 1.32 bits per heavy atom. The summed E-state index contributed by atoms with van der Waals surface area (Å²) in [5.74, 6) is -0.0187. The Labute approximate surface area is 232 Å². The van der Waals surface area contributed by atoms with E-state index in [2.05, 4.69) is 10.3 Å². The summed E-state index contributed by atoms with van der Waals surface area (Å²) in [6.45, 7) is 0.718. The molecule has 5 aromatic rings. The molecule has 3 N–H and O–H groups in total. The minimum atomic E-state index is -0.946. The van der Waals surface area contributed by atoms with E-state index in [1.54, 1.807) is 6.07 Å². The van der Waals surface area contributed by atoms with E-state index in [1.165, 1.54) is 0 Å². The molecular formula is C33H29N3O4. The molecule has 1 aromatic heterocycles. The first kappa shape index (κ1) is 26.4. The second-order valence-electron chi connectivity index (χ2n) is 9.35. The Morgan fingerprint density at radius 1 is 0.700 bits per heavy atom. The van der Waals surface area contributed by atoms with Crippen LogP contribution >= 0.6 is 0 Å². The normalized spacial score (nSPS) is 11.5. The number of carbonyl (C=O) groups is 2. The van der Waals surface area contributed by atoms with Crippen molar-refractivity contribution in [2.24, 2.45) is 5.73 Å². The van der Waals surface area contributed by atoms with E-state index in [-0.39, 0.29) is 12.1 Å². The van der Waals surface area contributed by atoms with E-state index in [1.807, 2.05) is 109 Å². The van der Waals surface area contributed by atoms with Crippen LogP contribution in [-0.4, -0.2) is 22.8 Å². The van der Waals surface area contributed by atoms with Crippen LogP contribution in [0.5, 0.6) is 11.5 Å². The van der Waals surface area contributed by atoms with Crippen molar-refractivity contribution < 1.29 is 19.1 Å². The van der Waals surface area contributed by atoms with E-state index < -0.39 is 17.9 Å². The summed E-state index contributed by atoms with van der Waals surface area (Å²) in [6.07, 6.45) is 0.176. The minimum Gasteiger partial charge on any atom is -0.485 e. The van der Waals surface area contributed by atoms with Crippen molar-refractivity contribution in [1.82, 2.24) is 10.3 Å². The zero-order chi connectivity index (χ0) is 27.7. The van der Waals surface area contributed by atoms with Crippen LogP contribution in [0.3, 0.4) is 0 Å². The Hall–Kier alpha value is -5.17. The SMILES string of the molecule is NC(=O)[C@@H](Cc1ccc(OCc2ccccc2)c(OCc2ccccc2)c1)NC(=O)c1ccc2ccccc2n1. The van der Waals surface area contributed by atoms with Crippen molar-refractivity contribution in [1.29, 1.82) is 0 Å². The van der Waals surface area contributed by atoms with Crippen molar-refractivity contribution in [3.8, 4) is 11.5 Å². The molecule has 0 unspecified atom stereocenters. The van der Waals surface area contributed by atoms with Crippen LogP contribution in [-0.2, 0) is 24.4 Å². The fourth-order valence-corrected chi connectivity index (χ4v) is 4.27. The number of nitrogens with two attached hydrogens (primary N) is 1. The number of para-hydroxylation sites is 1. The molecule has 0 bridgehead atoms. The maximum Gasteiger partial charge on any atom is 0.270 e. The third kappa shape index (κ3) is 6.82. The standard InChI is InChI=1S/C33H29N3O4/c34-32(37)29(36-33(38)28-17-16-26-13-7-8-14-27(26)35-28)19-25-15-18-30(39-21-23-9-3-1-4-10-23)31(20-25)40-22-24-11-5-2-6-12-24/h1-18,20,29H,19,21-22H2,(H2,34,37)(H,36,38)/t29-/m1/s1. The maximum atomic E-state index is 13.0. The second kappa shape index (κ2) is 12.6. The van der Waals surface area contributed by atoms with Gasteiger partial charge in [0.1, 0.15) is 24.9 Å². The molecule has 0 saturated carbocycles. The lowest BCUT2D eigenvalue weighted by Gasteiger charge is -2.18. The van der Waals surface area contributed by atoms with E-state index in [0.717, 1.165) is 22.1 Å². The highest BCUT2D eigenvalue weighted by Gasteiger charge is 2.21. The molecule has 0 fully saturated rings. The van der Waals surface area contributed by atoms with Gasteiger partial charge in [-0.2, -0.15) is 0 Å². The monoisotopic (exact) mass is 531 g/mol. The number of benzene rings is 4. The molecule has 0 aliphatic rings. The number of primary amides is 1. The summed E-state index contributed by atoms with van der Waals surface area (Å²) < 4.78 is 12.2. The molecule has 0 saturated heterocycles. The fourth-order valence-electron chi connectivity index (χ4n) is 4.27. The molecular weight excluding hydrogens is 502 g/mol. The van der Waals surface area contributed by atoms with Gasteiger partial charge in [-0.1, -0.05) is 91.0 Å². The number of pyridine rings is 1. The van der Waals surface area contributed by atoms with Crippen LogP contribution in [0.4, 0.5) is 0 Å². The quantitative estimate of drug-likeness (QED) is 0.243. The molecule has 5 rings (SSSR count). The summed E-state index contributed by atoms with van der Waals surface area (Å²) in [5.41, 5.74) is 9.38. The molecule has 0 aliphatic heterocycles. The number of hydrogen-bond acceptors (Lipinski definition) is 5. The number of fused-ring (bicyclic) bond motifs is 1. The largest absolute Gasteiger partial charge is 0.485 e. The maximum absolute atomic E-state index is 13.0. The van der Waals surface area contributed by atoms with Gasteiger partial charge in [-0.3, -0.25) is 9.59 Å². The number of rotatable bonds is 11. The van der Waals surface area contributed by atoms with Crippen molar-refractivity contribution in [2.45, 2.75) is 25.7 Å². The molecule has 0 spiro atoms. The molecule has 1 atom stereocenters. The number of nitrogens with zero attached hydrogens (tertiary/aromatic N) is 1. The average Bonchev–Trinajstić information content (AvgIpc) is 2.99. The van der Waals surface area contributed by atoms with Gasteiger partial charge in [0.25, 0.3) is 5.91 Å². The van der Waals surface area contributed by atoms with E-state index in [0.29, 0.717) is 30.2 Å². The van der Waals surface area contributed by atoms with Crippen molar-refractivity contribution in [3.63, 3.8) is 0 Å². The Bertz CT molecular complexity index is 1610. The average molecular weight is 532 g/mol. The molecule has 2 amide bonds. The smallest absolute Gasteiger partial charge is 0.270 e. The molecule has 7 nitrogen and oxygen atoms in total. The van der Waals surface area contributed by atoms with Crippen LogP contribution in [0.15, 0.2) is 115 Å². The van der Waals surface area contributed by atoms with Crippen LogP contribution < -0.4 is 20.5 Å². The topological polar surface area (TPSA) is 104 Å². The van der Waals surface area contributed by atoms with E-state index >= 15 is 0 Å². The molecule has 1 heterocycles. The van der Waals surface area contributed by atoms with Gasteiger partial charge in [0, 0.05) is 11.8 Å². The molecule has 40 heavy (non-hydrogen) atoms. The highest BCUT2D eigenvalue weighted by Crippen LogP contribution is 2.30. The van der Waals surface area contributed by atoms with Gasteiger partial charge in [-0.25, -0.2) is 4.98 Å². The number of ether oxygens (including phenoxy) is 2. The Morgan fingerprint density at radius 3 is 2.00 bits per heavy atom. The summed E-state index contributed by atoms with van der Waals surface area (Å²) in [5, 5.41) is 3.66. The fraction of sp³-hybridized carbons (Fsp3) is 0.121. The lowest BCUT2D eigenvalue weighted by Crippen LogP contribution is -2.46. The van der Waals surface area contributed by atoms with Gasteiger partial charge in [0.15, 0.2) is 11.5 Å². The summed E-state index contributed by atoms with van der Waals surface area (Å²) in [7, 11) is 0. The van der Waals surface area contributed by atoms with Crippen molar-refractivity contribution >= 4 is 22.7 Å². The predicted octanol–water partition coefficient (Wildman–Crippen LogP) is 5.22. The molecule has 7 heteroatoms. The Kier molecular flexibility index (Phi) is 8.32. The first-order chi connectivity index (χ1) is 19.5. The number of aromatic nitrogens is 1. The van der Waals surface area contributed by atoms with Crippen LogP contribution in [0.1, 0.15) is 27.2 Å². The lowest BCUT2D eigenvalue weighted by atomic mass is 10.0. The van der Waals surface area contributed by atoms with Crippen molar-refractivity contribution in [2.75, 3.05) is 0 Å². The number of carbonyl (C=O) groups excluding carboxylic acids is 2. The molecule has 0 radical (unpaired) electrons. The number of hydrogen-bond donors (Lipinski definition) is 2. The van der Waals surface area contributed by atoms with Gasteiger partial charge in [0.05, 0.1) is 5.52 Å². The first-order valence-electron chi connectivity index (χ1n) is 13.0. The lowest BCUT2D eigenvalue weighted by molar-refractivity contribution is -0.119. The summed E-state index contributed by atoms with van der Waals surface area (Å²) >= 11 is 0. The minimum absolute atomic E-state index is 0.176. The predicted molar refractivity (Wildman–Crippen MR) is 154 cm³/mol. The highest BCUT2D eigenvalue weighted by atomic mass is 16.5. The van der Waals surface area contributed by atoms with Crippen LogP contribution in [0.2, 0.25) is 0 Å². The van der Waals surface area contributed by atoms with Crippen LogP contribution in [0.25, 0.3) is 10.9 Å². The zero-order valence-corrected chi connectivity index (χ0v) is 21.8. The van der Waals surface area contributed by atoms with Gasteiger partial charge in [0.2, 0.25) is 5.91 Å². The number of amides is 2. The molecule has 4 aromatic carbocycles. The van der Waals surface area contributed by atoms with E-state index in [4.69, 9.17) is 15.2 Å². The van der Waals surface area contributed by atoms with Gasteiger partial charge in [-0.15, -0.1) is 0 Å². The third-order valence-corrected chi connectivity index (χ3v) is 6.40. The van der Waals surface area contributed by atoms with E-state index in [9.17, 15) is 9.59 Å². The molecule has 0 aliphatic carbocycles. The van der Waals surface area contributed by atoms with Gasteiger partial charge in [-0.05, 0) is 41.0 Å². The first-order valence-corrected chi connectivity index (χ1v) is 13.0. The highest BCUT2D eigenvalue weighted by molar-refractivity contribution is 5.97. The van der Waals surface area contributed by atoms with Gasteiger partial charge >= 0.3 is 0 Å². The van der Waals surface area contributed by atoms with Crippen LogP contribution in [0, 0.1) is 0 Å². The Balaban J connectivity index is 1.33. The summed E-state index contributed by atoms with van der Waals surface area (Å²) in [6, 6.07) is 35.1. The molecule has 200 valence electrons. The van der Waals surface area contributed by atoms with Crippen molar-refractivity contribution in [3.05, 3.63) is 138 Å². The van der Waals surface area contributed by atoms with Gasteiger partial charge < -0.3 is 20.5 Å². The second-order valence-corrected chi connectivity index (χ2v) is 9.35. The summed E-state index contributed by atoms with van der Waals surface area (Å²) in [4.78, 5) is 29.7. The number of nitrogens with one attached hydrogen (secondary N) is 1. The third-order valence-electron chi connectivity index (χ3n) is 6.40. The zero-order valence-electron chi connectivity index (χ0n) is 21.8.